The first-order chi connectivity index (χ1) is 12.5. The summed E-state index contributed by atoms with van der Waals surface area (Å²) in [5.74, 6) is 1.55. The molecule has 0 radical (unpaired) electrons. The summed E-state index contributed by atoms with van der Waals surface area (Å²) in [4.78, 5) is 17.4. The monoisotopic (exact) mass is 394 g/mol. The van der Waals surface area contributed by atoms with Gasteiger partial charge < -0.3 is 19.9 Å². The zero-order valence-electron chi connectivity index (χ0n) is 15.9. The lowest BCUT2D eigenvalue weighted by molar-refractivity contribution is -0.140. The van der Waals surface area contributed by atoms with Crippen LogP contribution >= 0.6 is 12.4 Å². The van der Waals surface area contributed by atoms with Crippen molar-refractivity contribution in [1.29, 1.82) is 0 Å². The van der Waals surface area contributed by atoms with E-state index in [1.807, 2.05) is 38.1 Å². The van der Waals surface area contributed by atoms with E-state index >= 15 is 0 Å². The molecule has 1 saturated heterocycles. The summed E-state index contributed by atoms with van der Waals surface area (Å²) in [6, 6.07) is 7.46. The van der Waals surface area contributed by atoms with Crippen molar-refractivity contribution in [2.24, 2.45) is 0 Å². The Bertz CT molecular complexity index is 742. The highest BCUT2D eigenvalue weighted by Crippen LogP contribution is 2.28. The van der Waals surface area contributed by atoms with Crippen LogP contribution in [0.3, 0.4) is 0 Å². The Morgan fingerprint density at radius 3 is 2.52 bits per heavy atom. The van der Waals surface area contributed by atoms with Crippen LogP contribution in [0.4, 0.5) is 0 Å². The smallest absolute Gasteiger partial charge is 0.264 e. The summed E-state index contributed by atoms with van der Waals surface area (Å²) in [5, 5.41) is 10.2. The number of aryl methyl sites for hydroxylation is 2. The minimum absolute atomic E-state index is 0. The third kappa shape index (κ3) is 4.99. The highest BCUT2D eigenvalue weighted by atomic mass is 35.5. The van der Waals surface area contributed by atoms with E-state index in [2.05, 4.69) is 20.8 Å². The normalized spacial score (nSPS) is 16.9. The molecule has 0 bridgehead atoms. The second kappa shape index (κ2) is 9.19. The minimum atomic E-state index is -0.900. The van der Waals surface area contributed by atoms with Crippen LogP contribution in [-0.4, -0.2) is 34.7 Å². The summed E-state index contributed by atoms with van der Waals surface area (Å²) < 4.78 is 11.5. The zero-order valence-corrected chi connectivity index (χ0v) is 16.8. The van der Waals surface area contributed by atoms with E-state index < -0.39 is 5.60 Å². The van der Waals surface area contributed by atoms with Crippen LogP contribution in [0.1, 0.15) is 49.5 Å². The first-order valence-electron chi connectivity index (χ1n) is 9.10. The van der Waals surface area contributed by atoms with E-state index in [0.717, 1.165) is 18.7 Å². The number of rotatable bonds is 6. The van der Waals surface area contributed by atoms with Crippen LogP contribution in [0.25, 0.3) is 0 Å². The average molecular weight is 395 g/mol. The summed E-state index contributed by atoms with van der Waals surface area (Å²) in [7, 11) is 0. The van der Waals surface area contributed by atoms with Gasteiger partial charge >= 0.3 is 0 Å². The fourth-order valence-corrected chi connectivity index (χ4v) is 3.12. The van der Waals surface area contributed by atoms with Crippen molar-refractivity contribution in [3.63, 3.8) is 0 Å². The standard InChI is InChI=1S/C19H26N4O3.ClH/c1-4-16(17-21-14(3)23-26-17)22-18(24)19(9-11-20-12-10-19)25-15-7-5-13(2)6-8-15;/h5-8,16,20H,4,9-12H2,1-3H3,(H,22,24);1H. The van der Waals surface area contributed by atoms with Gasteiger partial charge in [-0.3, -0.25) is 4.79 Å². The summed E-state index contributed by atoms with van der Waals surface area (Å²) in [6.45, 7) is 7.22. The number of carbonyl (C=O) groups excluding carboxylic acids is 1. The van der Waals surface area contributed by atoms with Crippen molar-refractivity contribution in [2.45, 2.75) is 51.7 Å². The molecule has 1 aromatic heterocycles. The van der Waals surface area contributed by atoms with Crippen LogP contribution in [-0.2, 0) is 4.79 Å². The van der Waals surface area contributed by atoms with Crippen LogP contribution in [0.15, 0.2) is 28.8 Å². The van der Waals surface area contributed by atoms with Gasteiger partial charge in [-0.2, -0.15) is 4.98 Å². The molecule has 8 heteroatoms. The van der Waals surface area contributed by atoms with Gasteiger partial charge in [0.25, 0.3) is 5.91 Å². The molecule has 1 aromatic carbocycles. The van der Waals surface area contributed by atoms with Crippen LogP contribution in [0.5, 0.6) is 5.75 Å². The van der Waals surface area contributed by atoms with E-state index in [0.29, 0.717) is 36.7 Å². The van der Waals surface area contributed by atoms with Gasteiger partial charge in [0.1, 0.15) is 11.8 Å². The Morgan fingerprint density at radius 2 is 1.96 bits per heavy atom. The molecule has 148 valence electrons. The number of nitrogens with zero attached hydrogens (tertiary/aromatic N) is 2. The van der Waals surface area contributed by atoms with Crippen LogP contribution in [0, 0.1) is 13.8 Å². The van der Waals surface area contributed by atoms with Crippen molar-refractivity contribution >= 4 is 18.3 Å². The second-order valence-corrected chi connectivity index (χ2v) is 6.77. The quantitative estimate of drug-likeness (QED) is 0.783. The van der Waals surface area contributed by atoms with Gasteiger partial charge in [-0.25, -0.2) is 0 Å². The summed E-state index contributed by atoms with van der Waals surface area (Å²) in [5.41, 5.74) is 0.252. The molecule has 1 atom stereocenters. The minimum Gasteiger partial charge on any atom is -0.477 e. The van der Waals surface area contributed by atoms with Gasteiger partial charge in [0, 0.05) is 12.8 Å². The number of carbonyl (C=O) groups is 1. The molecular weight excluding hydrogens is 368 g/mol. The maximum atomic E-state index is 13.2. The third-order valence-electron chi connectivity index (χ3n) is 4.71. The predicted octanol–water partition coefficient (Wildman–Crippen LogP) is 2.88. The molecule has 0 aliphatic carbocycles. The number of ether oxygens (including phenoxy) is 1. The number of hydrogen-bond acceptors (Lipinski definition) is 6. The predicted molar refractivity (Wildman–Crippen MR) is 104 cm³/mol. The first kappa shape index (κ1) is 21.2. The maximum absolute atomic E-state index is 13.2. The SMILES string of the molecule is CCC(NC(=O)C1(Oc2ccc(C)cc2)CCNCC1)c1nc(C)no1.Cl. The van der Waals surface area contributed by atoms with E-state index in [1.165, 1.54) is 0 Å². The van der Waals surface area contributed by atoms with Gasteiger partial charge in [-0.15, -0.1) is 12.4 Å². The Morgan fingerprint density at radius 1 is 1.30 bits per heavy atom. The molecule has 0 saturated carbocycles. The molecular formula is C19H27ClN4O3. The number of piperidine rings is 1. The summed E-state index contributed by atoms with van der Waals surface area (Å²) in [6.07, 6.45) is 1.87. The fourth-order valence-electron chi connectivity index (χ4n) is 3.12. The lowest BCUT2D eigenvalue weighted by atomic mass is 9.90. The van der Waals surface area contributed by atoms with Crippen molar-refractivity contribution in [3.05, 3.63) is 41.5 Å². The highest BCUT2D eigenvalue weighted by Gasteiger charge is 2.43. The number of amides is 1. The molecule has 2 aromatic rings. The van der Waals surface area contributed by atoms with Crippen molar-refractivity contribution in [1.82, 2.24) is 20.8 Å². The molecule has 27 heavy (non-hydrogen) atoms. The number of aromatic nitrogens is 2. The Kier molecular flexibility index (Phi) is 7.21. The van der Waals surface area contributed by atoms with Gasteiger partial charge in [-0.1, -0.05) is 29.8 Å². The lowest BCUT2D eigenvalue weighted by Crippen LogP contribution is -2.57. The largest absolute Gasteiger partial charge is 0.477 e. The molecule has 1 unspecified atom stereocenters. The molecule has 1 aliphatic rings. The number of halogens is 1. The Labute approximate surface area is 165 Å². The van der Waals surface area contributed by atoms with Gasteiger partial charge in [0.15, 0.2) is 11.4 Å². The van der Waals surface area contributed by atoms with E-state index in [4.69, 9.17) is 9.26 Å². The molecule has 0 spiro atoms. The van der Waals surface area contributed by atoms with E-state index in [-0.39, 0.29) is 24.4 Å². The third-order valence-corrected chi connectivity index (χ3v) is 4.71. The maximum Gasteiger partial charge on any atom is 0.264 e. The van der Waals surface area contributed by atoms with Crippen molar-refractivity contribution in [2.75, 3.05) is 13.1 Å². The molecule has 1 amide bonds. The van der Waals surface area contributed by atoms with Gasteiger partial charge in [-0.05, 0) is 45.5 Å². The number of hydrogen-bond donors (Lipinski definition) is 2. The molecule has 7 nitrogen and oxygen atoms in total. The molecule has 3 rings (SSSR count). The van der Waals surface area contributed by atoms with Crippen molar-refractivity contribution < 1.29 is 14.1 Å². The van der Waals surface area contributed by atoms with Crippen LogP contribution < -0.4 is 15.4 Å². The van der Waals surface area contributed by atoms with Crippen LogP contribution in [0.2, 0.25) is 0 Å². The van der Waals surface area contributed by atoms with E-state index in [9.17, 15) is 4.79 Å². The number of nitrogens with one attached hydrogen (secondary N) is 2. The summed E-state index contributed by atoms with van der Waals surface area (Å²) >= 11 is 0. The highest BCUT2D eigenvalue weighted by molar-refractivity contribution is 5.86. The molecule has 2 N–H and O–H groups in total. The zero-order chi connectivity index (χ0) is 18.6. The first-order valence-corrected chi connectivity index (χ1v) is 9.10. The Balaban J connectivity index is 0.00000261. The average Bonchev–Trinajstić information content (AvgIpc) is 3.08. The second-order valence-electron chi connectivity index (χ2n) is 6.77. The molecule has 1 aliphatic heterocycles. The van der Waals surface area contributed by atoms with E-state index in [1.54, 1.807) is 6.92 Å². The van der Waals surface area contributed by atoms with Gasteiger partial charge in [0.05, 0.1) is 0 Å². The Hall–Kier alpha value is -2.12. The number of benzene rings is 1. The van der Waals surface area contributed by atoms with Gasteiger partial charge in [0.2, 0.25) is 5.89 Å². The topological polar surface area (TPSA) is 89.3 Å². The fraction of sp³-hybridized carbons (Fsp3) is 0.526. The molecule has 1 fully saturated rings. The molecule has 2 heterocycles. The lowest BCUT2D eigenvalue weighted by Gasteiger charge is -2.37. The van der Waals surface area contributed by atoms with Crippen molar-refractivity contribution in [3.8, 4) is 5.75 Å².